The van der Waals surface area contributed by atoms with Crippen LogP contribution in [0.15, 0.2) is 57.6 Å². The summed E-state index contributed by atoms with van der Waals surface area (Å²) in [6, 6.07) is 9.13. The van der Waals surface area contributed by atoms with Crippen molar-refractivity contribution in [2.75, 3.05) is 0 Å². The van der Waals surface area contributed by atoms with E-state index >= 15 is 0 Å². The first-order chi connectivity index (χ1) is 10.3. The Hall–Kier alpha value is -2.46. The van der Waals surface area contributed by atoms with Crippen LogP contribution in [-0.2, 0) is 0 Å². The molecule has 8 nitrogen and oxygen atoms in total. The predicted molar refractivity (Wildman–Crippen MR) is 79.4 cm³/mol. The van der Waals surface area contributed by atoms with Crippen LogP contribution in [-0.4, -0.2) is 29.8 Å². The Kier molecular flexibility index (Phi) is 4.43. The van der Waals surface area contributed by atoms with Crippen LogP contribution in [0, 0.1) is 0 Å². The molecule has 0 aliphatic heterocycles. The molecule has 0 unspecified atom stereocenters. The zero-order chi connectivity index (χ0) is 16.3. The Bertz CT molecular complexity index is 724. The first-order valence-corrected chi connectivity index (χ1v) is 7.36. The van der Waals surface area contributed by atoms with Crippen LogP contribution in [0.5, 0.6) is 5.75 Å². The normalized spacial score (nSPS) is 12.5. The lowest BCUT2D eigenvalue weighted by Gasteiger charge is -2.18. The number of hydrogen-bond donors (Lipinski definition) is 5. The van der Waals surface area contributed by atoms with Gasteiger partial charge in [-0.3, -0.25) is 0 Å². The standard InChI is InChI=1S/C13H12N2O6S/c16-12-6-3-9(7-11(12)13(17)18)15-14-8-1-4-10(5-2-8)22(19,20)21/h1-7,16,19-21H,(H,17,18). The van der Waals surface area contributed by atoms with Crippen molar-refractivity contribution in [3.63, 3.8) is 0 Å². The molecule has 116 valence electrons. The monoisotopic (exact) mass is 324 g/mol. The van der Waals surface area contributed by atoms with Crippen LogP contribution in [0.4, 0.5) is 11.4 Å². The van der Waals surface area contributed by atoms with Gasteiger partial charge in [-0.2, -0.15) is 10.2 Å². The van der Waals surface area contributed by atoms with E-state index in [-0.39, 0.29) is 21.9 Å². The number of azo groups is 1. The first-order valence-electron chi connectivity index (χ1n) is 5.86. The first kappa shape index (κ1) is 15.9. The van der Waals surface area contributed by atoms with Gasteiger partial charge in [0.1, 0.15) is 22.2 Å². The molecule has 0 radical (unpaired) electrons. The number of hydrogen-bond acceptors (Lipinski definition) is 7. The smallest absolute Gasteiger partial charge is 0.339 e. The number of rotatable bonds is 4. The van der Waals surface area contributed by atoms with Crippen molar-refractivity contribution in [2.24, 2.45) is 10.2 Å². The number of carbonyl (C=O) groups is 1. The summed E-state index contributed by atoms with van der Waals surface area (Å²) in [6.07, 6.45) is 0. The van der Waals surface area contributed by atoms with Crippen molar-refractivity contribution in [3.05, 3.63) is 48.0 Å². The zero-order valence-corrected chi connectivity index (χ0v) is 11.8. The molecule has 0 heterocycles. The van der Waals surface area contributed by atoms with Crippen LogP contribution in [0.1, 0.15) is 10.4 Å². The average Bonchev–Trinajstić information content (AvgIpc) is 2.45. The number of nitrogens with zero attached hydrogens (tertiary/aromatic N) is 2. The van der Waals surface area contributed by atoms with Gasteiger partial charge in [0.05, 0.1) is 16.3 Å². The molecule has 0 aliphatic carbocycles. The van der Waals surface area contributed by atoms with Crippen LogP contribution in [0.2, 0.25) is 0 Å². The SMILES string of the molecule is O=C(O)c1cc(N=Nc2ccc(S(O)(O)O)cc2)ccc1O. The van der Waals surface area contributed by atoms with Crippen molar-refractivity contribution in [2.45, 2.75) is 4.90 Å². The fraction of sp³-hybridized carbons (Fsp3) is 0. The molecule has 0 fully saturated rings. The lowest BCUT2D eigenvalue weighted by Crippen LogP contribution is -1.95. The maximum Gasteiger partial charge on any atom is 0.339 e. The molecule has 0 saturated carbocycles. The number of phenols is 1. The minimum Gasteiger partial charge on any atom is -0.507 e. The second-order valence-electron chi connectivity index (χ2n) is 4.22. The number of aromatic hydroxyl groups is 1. The Morgan fingerprint density at radius 1 is 0.909 bits per heavy atom. The third-order valence-corrected chi connectivity index (χ3v) is 3.55. The third kappa shape index (κ3) is 3.80. The van der Waals surface area contributed by atoms with Gasteiger partial charge in [-0.25, -0.2) is 4.79 Å². The van der Waals surface area contributed by atoms with Gasteiger partial charge in [0.15, 0.2) is 0 Å². The largest absolute Gasteiger partial charge is 0.507 e. The maximum absolute atomic E-state index is 10.9. The van der Waals surface area contributed by atoms with E-state index in [9.17, 15) is 9.90 Å². The van der Waals surface area contributed by atoms with Crippen LogP contribution < -0.4 is 0 Å². The van der Waals surface area contributed by atoms with E-state index < -0.39 is 16.8 Å². The molecule has 5 N–H and O–H groups in total. The van der Waals surface area contributed by atoms with Gasteiger partial charge in [0.25, 0.3) is 0 Å². The highest BCUT2D eigenvalue weighted by molar-refractivity contribution is 8.19. The Morgan fingerprint density at radius 3 is 2.00 bits per heavy atom. The van der Waals surface area contributed by atoms with Crippen LogP contribution in [0.25, 0.3) is 0 Å². The highest BCUT2D eigenvalue weighted by atomic mass is 32.3. The summed E-state index contributed by atoms with van der Waals surface area (Å²) in [5.41, 5.74) is 0.295. The van der Waals surface area contributed by atoms with E-state index in [1.807, 2.05) is 0 Å². The molecule has 0 aliphatic rings. The van der Waals surface area contributed by atoms with Gasteiger partial charge >= 0.3 is 5.97 Å². The van der Waals surface area contributed by atoms with Crippen molar-refractivity contribution in [1.29, 1.82) is 0 Å². The molecule has 2 aromatic carbocycles. The number of benzene rings is 2. The highest BCUT2D eigenvalue weighted by Gasteiger charge is 2.14. The van der Waals surface area contributed by atoms with Crippen molar-refractivity contribution < 1.29 is 28.7 Å². The van der Waals surface area contributed by atoms with Crippen molar-refractivity contribution >= 4 is 28.2 Å². The lowest BCUT2D eigenvalue weighted by atomic mass is 10.2. The molecule has 22 heavy (non-hydrogen) atoms. The number of aromatic carboxylic acids is 1. The minimum atomic E-state index is -3.77. The van der Waals surface area contributed by atoms with Gasteiger partial charge in [-0.05, 0) is 42.5 Å². The lowest BCUT2D eigenvalue weighted by molar-refractivity contribution is 0.0693. The van der Waals surface area contributed by atoms with Gasteiger partial charge < -0.3 is 23.9 Å². The minimum absolute atomic E-state index is 0.0516. The Morgan fingerprint density at radius 2 is 1.45 bits per heavy atom. The third-order valence-electron chi connectivity index (χ3n) is 2.64. The molecule has 0 aromatic heterocycles. The molecule has 2 aromatic rings. The zero-order valence-electron chi connectivity index (χ0n) is 11.0. The Labute approximate surface area is 126 Å². The van der Waals surface area contributed by atoms with Crippen molar-refractivity contribution in [3.8, 4) is 5.75 Å². The molecule has 9 heteroatoms. The maximum atomic E-state index is 10.9. The fourth-order valence-electron chi connectivity index (χ4n) is 1.57. The molecule has 0 bridgehead atoms. The van der Waals surface area contributed by atoms with Crippen molar-refractivity contribution in [1.82, 2.24) is 0 Å². The van der Waals surface area contributed by atoms with Gasteiger partial charge in [-0.15, -0.1) is 0 Å². The van der Waals surface area contributed by atoms with Crippen LogP contribution >= 0.6 is 10.9 Å². The Balaban J connectivity index is 2.22. The fourth-order valence-corrected chi connectivity index (χ4v) is 2.07. The quantitative estimate of drug-likeness (QED) is 0.536. The summed E-state index contributed by atoms with van der Waals surface area (Å²) in [5, 5.41) is 25.9. The van der Waals surface area contributed by atoms with Gasteiger partial charge in [-0.1, -0.05) is 0 Å². The van der Waals surface area contributed by atoms with E-state index in [1.54, 1.807) is 0 Å². The van der Waals surface area contributed by atoms with Crippen LogP contribution in [0.3, 0.4) is 0 Å². The predicted octanol–water partition coefficient (Wildman–Crippen LogP) is 4.09. The number of carboxylic acid groups (broad SMARTS) is 1. The average molecular weight is 324 g/mol. The van der Waals surface area contributed by atoms with E-state index in [4.69, 9.17) is 18.8 Å². The summed E-state index contributed by atoms with van der Waals surface area (Å²) in [4.78, 5) is 10.8. The van der Waals surface area contributed by atoms with E-state index in [0.717, 1.165) is 0 Å². The summed E-state index contributed by atoms with van der Waals surface area (Å²) < 4.78 is 27.2. The highest BCUT2D eigenvalue weighted by Crippen LogP contribution is 2.43. The summed E-state index contributed by atoms with van der Waals surface area (Å²) in [6.45, 7) is 0. The number of carboxylic acids is 1. The topological polar surface area (TPSA) is 143 Å². The summed E-state index contributed by atoms with van der Waals surface area (Å²) in [7, 11) is -3.77. The van der Waals surface area contributed by atoms with Gasteiger partial charge in [0, 0.05) is 0 Å². The van der Waals surface area contributed by atoms with E-state index in [1.165, 1.54) is 42.5 Å². The summed E-state index contributed by atoms with van der Waals surface area (Å²) in [5.74, 6) is -1.66. The molecular weight excluding hydrogens is 312 g/mol. The molecule has 0 atom stereocenters. The second kappa shape index (κ2) is 6.12. The summed E-state index contributed by atoms with van der Waals surface area (Å²) >= 11 is 0. The molecular formula is C13H12N2O6S. The second-order valence-corrected chi connectivity index (χ2v) is 5.73. The van der Waals surface area contributed by atoms with E-state index in [2.05, 4.69) is 10.2 Å². The van der Waals surface area contributed by atoms with E-state index in [0.29, 0.717) is 5.69 Å². The van der Waals surface area contributed by atoms with Gasteiger partial charge in [0.2, 0.25) is 0 Å². The molecule has 0 amide bonds. The molecule has 2 rings (SSSR count). The molecule has 0 saturated heterocycles. The molecule has 0 spiro atoms.